The minimum atomic E-state index is -0.102. The van der Waals surface area contributed by atoms with E-state index in [4.69, 9.17) is 0 Å². The van der Waals surface area contributed by atoms with E-state index < -0.39 is 0 Å². The number of benzene rings is 1. The maximum Gasteiger partial charge on any atom is 0.251 e. The number of nitrogens with zero attached hydrogens (tertiary/aromatic N) is 2. The fourth-order valence-electron chi connectivity index (χ4n) is 3.79. The average molecular weight is 394 g/mol. The van der Waals surface area contributed by atoms with Gasteiger partial charge < -0.3 is 5.32 Å². The molecule has 144 valence electrons. The van der Waals surface area contributed by atoms with Crippen LogP contribution in [0.3, 0.4) is 0 Å². The monoisotopic (exact) mass is 393 g/mol. The van der Waals surface area contributed by atoms with Crippen molar-refractivity contribution in [3.8, 4) is 5.69 Å². The molecule has 0 unspecified atom stereocenters. The third-order valence-electron chi connectivity index (χ3n) is 5.10. The molecular weight excluding hydrogens is 370 g/mol. The van der Waals surface area contributed by atoms with Crippen molar-refractivity contribution in [1.82, 2.24) is 15.1 Å². The Balaban J connectivity index is 1.57. The first-order valence-corrected chi connectivity index (χ1v) is 10.2. The highest BCUT2D eigenvalue weighted by atomic mass is 32.1. The van der Waals surface area contributed by atoms with E-state index in [0.717, 1.165) is 33.9 Å². The quantitative estimate of drug-likeness (QED) is 0.718. The molecule has 0 fully saturated rings. The topological polar surface area (TPSA) is 64.0 Å². The van der Waals surface area contributed by atoms with E-state index in [9.17, 15) is 9.59 Å². The van der Waals surface area contributed by atoms with Crippen molar-refractivity contribution in [3.63, 3.8) is 0 Å². The van der Waals surface area contributed by atoms with Crippen molar-refractivity contribution >= 4 is 23.0 Å². The number of carbonyl (C=O) groups is 2. The number of Topliss-reactive ketones (excluding diaryl/α,β-unsaturated/α-hetero) is 1. The molecule has 2 heterocycles. The molecule has 1 amide bonds. The summed E-state index contributed by atoms with van der Waals surface area (Å²) in [5.74, 6) is 0.0644. The molecule has 1 aliphatic rings. The van der Waals surface area contributed by atoms with E-state index in [-0.39, 0.29) is 17.1 Å². The highest BCUT2D eigenvalue weighted by Crippen LogP contribution is 2.36. The number of fused-ring (bicyclic) bond motifs is 1. The molecule has 0 spiro atoms. The van der Waals surface area contributed by atoms with Crippen LogP contribution in [-0.4, -0.2) is 21.5 Å². The molecule has 6 heteroatoms. The lowest BCUT2D eigenvalue weighted by molar-refractivity contribution is 0.0908. The Kier molecular flexibility index (Phi) is 4.67. The van der Waals surface area contributed by atoms with Gasteiger partial charge in [0.1, 0.15) is 0 Å². The summed E-state index contributed by atoms with van der Waals surface area (Å²) in [5.41, 5.74) is 3.90. The summed E-state index contributed by atoms with van der Waals surface area (Å²) >= 11 is 1.62. The number of nitrogens with one attached hydrogen (secondary N) is 1. The van der Waals surface area contributed by atoms with Crippen LogP contribution in [-0.2, 0) is 13.0 Å². The predicted octanol–water partition coefficient (Wildman–Crippen LogP) is 4.33. The fraction of sp³-hybridized carbons (Fsp3) is 0.318. The van der Waals surface area contributed by atoms with Gasteiger partial charge in [-0.2, -0.15) is 5.10 Å². The van der Waals surface area contributed by atoms with Crippen LogP contribution in [0.5, 0.6) is 0 Å². The highest BCUT2D eigenvalue weighted by molar-refractivity contribution is 7.09. The first-order valence-electron chi connectivity index (χ1n) is 9.37. The summed E-state index contributed by atoms with van der Waals surface area (Å²) < 4.78 is 1.86. The third kappa shape index (κ3) is 3.52. The van der Waals surface area contributed by atoms with E-state index in [0.29, 0.717) is 18.5 Å². The van der Waals surface area contributed by atoms with Gasteiger partial charge in [-0.25, -0.2) is 4.68 Å². The molecule has 1 aliphatic carbocycles. The molecule has 0 atom stereocenters. The van der Waals surface area contributed by atoms with Crippen LogP contribution in [0.2, 0.25) is 0 Å². The molecule has 1 N–H and O–H groups in total. The fourth-order valence-corrected chi connectivity index (χ4v) is 4.43. The van der Waals surface area contributed by atoms with E-state index in [1.54, 1.807) is 23.5 Å². The SMILES string of the molecule is Cc1nn(-c2ccc(C(=O)NCc3cccs3)cc2)c2c1C(=O)CC(C)(C)C2. The zero-order chi connectivity index (χ0) is 19.9. The number of carbonyl (C=O) groups excluding carboxylic acids is 2. The van der Waals surface area contributed by atoms with Gasteiger partial charge in [0.25, 0.3) is 5.91 Å². The van der Waals surface area contributed by atoms with Crippen molar-refractivity contribution < 1.29 is 9.59 Å². The Morgan fingerprint density at radius 1 is 1.21 bits per heavy atom. The Hall–Kier alpha value is -2.73. The van der Waals surface area contributed by atoms with Gasteiger partial charge in [-0.15, -0.1) is 11.3 Å². The molecule has 0 saturated carbocycles. The van der Waals surface area contributed by atoms with Gasteiger partial charge in [0.2, 0.25) is 0 Å². The molecule has 2 aromatic heterocycles. The number of amides is 1. The maximum absolute atomic E-state index is 12.6. The summed E-state index contributed by atoms with van der Waals surface area (Å²) in [7, 11) is 0. The zero-order valence-electron chi connectivity index (χ0n) is 16.3. The number of hydrogen-bond acceptors (Lipinski definition) is 4. The van der Waals surface area contributed by atoms with E-state index in [2.05, 4.69) is 24.3 Å². The predicted molar refractivity (Wildman–Crippen MR) is 110 cm³/mol. The number of thiophene rings is 1. The lowest BCUT2D eigenvalue weighted by atomic mass is 9.75. The van der Waals surface area contributed by atoms with Crippen molar-refractivity contribution in [2.45, 2.75) is 40.2 Å². The van der Waals surface area contributed by atoms with Crippen LogP contribution in [0, 0.1) is 12.3 Å². The second-order valence-electron chi connectivity index (χ2n) is 8.07. The number of aromatic nitrogens is 2. The highest BCUT2D eigenvalue weighted by Gasteiger charge is 2.35. The van der Waals surface area contributed by atoms with Crippen molar-refractivity contribution in [2.75, 3.05) is 0 Å². The van der Waals surface area contributed by atoms with Crippen LogP contribution in [0.25, 0.3) is 5.69 Å². The molecular formula is C22H23N3O2S. The first kappa shape index (κ1) is 18.6. The molecule has 3 aromatic rings. The Labute approximate surface area is 168 Å². The minimum absolute atomic E-state index is 0.0735. The summed E-state index contributed by atoms with van der Waals surface area (Å²) in [6.07, 6.45) is 1.36. The molecule has 4 rings (SSSR count). The van der Waals surface area contributed by atoms with Gasteiger partial charge >= 0.3 is 0 Å². The summed E-state index contributed by atoms with van der Waals surface area (Å²) in [6.45, 7) is 6.64. The van der Waals surface area contributed by atoms with Gasteiger partial charge in [-0.05, 0) is 54.5 Å². The van der Waals surface area contributed by atoms with Crippen LogP contribution >= 0.6 is 11.3 Å². The lowest BCUT2D eigenvalue weighted by Crippen LogP contribution is -2.28. The second-order valence-corrected chi connectivity index (χ2v) is 9.10. The van der Waals surface area contributed by atoms with E-state index >= 15 is 0 Å². The van der Waals surface area contributed by atoms with Crippen LogP contribution in [0.1, 0.15) is 57.2 Å². The lowest BCUT2D eigenvalue weighted by Gasteiger charge is -2.29. The Morgan fingerprint density at radius 2 is 1.96 bits per heavy atom. The van der Waals surface area contributed by atoms with E-state index in [1.807, 2.05) is 41.3 Å². The molecule has 0 bridgehead atoms. The minimum Gasteiger partial charge on any atom is -0.347 e. The molecule has 1 aromatic carbocycles. The van der Waals surface area contributed by atoms with Gasteiger partial charge in [0, 0.05) is 16.9 Å². The maximum atomic E-state index is 12.6. The van der Waals surface area contributed by atoms with Crippen molar-refractivity contribution in [1.29, 1.82) is 0 Å². The van der Waals surface area contributed by atoms with Crippen LogP contribution in [0.15, 0.2) is 41.8 Å². The van der Waals surface area contributed by atoms with Crippen molar-refractivity contribution in [3.05, 3.63) is 69.2 Å². The largest absolute Gasteiger partial charge is 0.347 e. The van der Waals surface area contributed by atoms with Gasteiger partial charge in [-0.3, -0.25) is 9.59 Å². The summed E-state index contributed by atoms with van der Waals surface area (Å²) in [6, 6.07) is 11.4. The molecule has 0 radical (unpaired) electrons. The summed E-state index contributed by atoms with van der Waals surface area (Å²) in [5, 5.41) is 9.55. The molecule has 0 saturated heterocycles. The average Bonchev–Trinajstić information content (AvgIpc) is 3.27. The zero-order valence-corrected chi connectivity index (χ0v) is 17.1. The van der Waals surface area contributed by atoms with Gasteiger partial charge in [-0.1, -0.05) is 19.9 Å². The Bertz CT molecular complexity index is 1030. The summed E-state index contributed by atoms with van der Waals surface area (Å²) in [4.78, 5) is 26.1. The second kappa shape index (κ2) is 7.02. The Morgan fingerprint density at radius 3 is 2.64 bits per heavy atom. The number of ketones is 1. The van der Waals surface area contributed by atoms with Gasteiger partial charge in [0.05, 0.1) is 29.2 Å². The molecule has 28 heavy (non-hydrogen) atoms. The smallest absolute Gasteiger partial charge is 0.251 e. The molecule has 0 aliphatic heterocycles. The molecule has 5 nitrogen and oxygen atoms in total. The number of rotatable bonds is 4. The van der Waals surface area contributed by atoms with Crippen LogP contribution < -0.4 is 5.32 Å². The first-order chi connectivity index (χ1) is 13.3. The van der Waals surface area contributed by atoms with E-state index in [1.165, 1.54) is 0 Å². The third-order valence-corrected chi connectivity index (χ3v) is 5.97. The van der Waals surface area contributed by atoms with Gasteiger partial charge in [0.15, 0.2) is 5.78 Å². The van der Waals surface area contributed by atoms with Crippen molar-refractivity contribution in [2.24, 2.45) is 5.41 Å². The number of aryl methyl sites for hydroxylation is 1. The number of hydrogen-bond donors (Lipinski definition) is 1. The van der Waals surface area contributed by atoms with Crippen LogP contribution in [0.4, 0.5) is 0 Å². The normalized spacial score (nSPS) is 15.3. The standard InChI is InChI=1S/C22H23N3O2S/c1-14-20-18(11-22(2,3)12-19(20)26)25(24-14)16-8-6-15(7-9-16)21(27)23-13-17-5-4-10-28-17/h4-10H,11-13H2,1-3H3,(H,23,27).